The van der Waals surface area contributed by atoms with Gasteiger partial charge in [0.05, 0.1) is 0 Å². The Morgan fingerprint density at radius 3 is 2.89 bits per heavy atom. The minimum absolute atomic E-state index is 0.666. The second-order valence-corrected chi connectivity index (χ2v) is 6.48. The van der Waals surface area contributed by atoms with Crippen LogP contribution in [0.3, 0.4) is 0 Å². The first-order valence-electron chi connectivity index (χ1n) is 7.11. The highest BCUT2D eigenvalue weighted by atomic mass is 32.1. The SMILES string of the molecule is CC(CNc1nc(C2CC2)ns1)CN1CCCC1. The molecule has 1 saturated carbocycles. The van der Waals surface area contributed by atoms with Crippen LogP contribution in [-0.2, 0) is 0 Å². The van der Waals surface area contributed by atoms with Crippen molar-refractivity contribution in [3.63, 3.8) is 0 Å². The Hall–Kier alpha value is -0.680. The summed E-state index contributed by atoms with van der Waals surface area (Å²) >= 11 is 1.52. The van der Waals surface area contributed by atoms with Crippen molar-refractivity contribution in [2.75, 3.05) is 31.5 Å². The van der Waals surface area contributed by atoms with Gasteiger partial charge in [0, 0.05) is 30.5 Å². The molecule has 100 valence electrons. The molecular weight excluding hydrogens is 244 g/mol. The summed E-state index contributed by atoms with van der Waals surface area (Å²) in [5.74, 6) is 2.41. The Labute approximate surface area is 113 Å². The lowest BCUT2D eigenvalue weighted by Gasteiger charge is -2.20. The summed E-state index contributed by atoms with van der Waals surface area (Å²) < 4.78 is 4.42. The molecule has 1 N–H and O–H groups in total. The molecule has 18 heavy (non-hydrogen) atoms. The van der Waals surface area contributed by atoms with Crippen LogP contribution >= 0.6 is 11.5 Å². The van der Waals surface area contributed by atoms with Gasteiger partial charge in [0.25, 0.3) is 0 Å². The van der Waals surface area contributed by atoms with Gasteiger partial charge in [-0.2, -0.15) is 4.37 Å². The predicted octanol–water partition coefficient (Wildman–Crippen LogP) is 2.56. The van der Waals surface area contributed by atoms with Crippen molar-refractivity contribution in [1.29, 1.82) is 0 Å². The van der Waals surface area contributed by atoms with Gasteiger partial charge in [0.15, 0.2) is 0 Å². The van der Waals surface area contributed by atoms with E-state index >= 15 is 0 Å². The molecule has 2 heterocycles. The van der Waals surface area contributed by atoms with Crippen LogP contribution in [0.4, 0.5) is 5.13 Å². The lowest BCUT2D eigenvalue weighted by atomic mass is 10.2. The standard InChI is InChI=1S/C13H22N4S/c1-10(9-17-6-2-3-7-17)8-14-13-15-12(16-18-13)11-4-5-11/h10-11H,2-9H2,1H3,(H,14,15,16). The van der Waals surface area contributed by atoms with E-state index in [0.29, 0.717) is 11.8 Å². The van der Waals surface area contributed by atoms with Gasteiger partial charge in [-0.1, -0.05) is 6.92 Å². The summed E-state index contributed by atoms with van der Waals surface area (Å²) in [4.78, 5) is 7.13. The summed E-state index contributed by atoms with van der Waals surface area (Å²) in [6.45, 7) is 7.11. The Balaban J connectivity index is 1.41. The lowest BCUT2D eigenvalue weighted by Crippen LogP contribution is -2.28. The zero-order valence-corrected chi connectivity index (χ0v) is 11.9. The van der Waals surface area contributed by atoms with E-state index in [1.54, 1.807) is 0 Å². The zero-order chi connectivity index (χ0) is 12.4. The van der Waals surface area contributed by atoms with Crippen LogP contribution in [-0.4, -0.2) is 40.4 Å². The van der Waals surface area contributed by atoms with Crippen molar-refractivity contribution >= 4 is 16.7 Å². The monoisotopic (exact) mass is 266 g/mol. The second-order valence-electron chi connectivity index (χ2n) is 5.73. The van der Waals surface area contributed by atoms with E-state index in [1.807, 2.05) is 0 Å². The molecule has 1 unspecified atom stereocenters. The quantitative estimate of drug-likeness (QED) is 0.859. The van der Waals surface area contributed by atoms with Crippen LogP contribution in [0.15, 0.2) is 0 Å². The van der Waals surface area contributed by atoms with Crippen LogP contribution in [0, 0.1) is 5.92 Å². The molecule has 0 aromatic carbocycles. The van der Waals surface area contributed by atoms with E-state index in [9.17, 15) is 0 Å². The van der Waals surface area contributed by atoms with Crippen LogP contribution < -0.4 is 5.32 Å². The third kappa shape index (κ3) is 3.20. The summed E-state index contributed by atoms with van der Waals surface area (Å²) in [7, 11) is 0. The van der Waals surface area contributed by atoms with Crippen molar-refractivity contribution in [3.05, 3.63) is 5.82 Å². The highest BCUT2D eigenvalue weighted by molar-refractivity contribution is 7.09. The van der Waals surface area contributed by atoms with Gasteiger partial charge in [-0.25, -0.2) is 4.98 Å². The summed E-state index contributed by atoms with van der Waals surface area (Å²) in [5.41, 5.74) is 0. The van der Waals surface area contributed by atoms with Gasteiger partial charge >= 0.3 is 0 Å². The van der Waals surface area contributed by atoms with E-state index < -0.39 is 0 Å². The molecule has 5 heteroatoms. The predicted molar refractivity (Wildman–Crippen MR) is 75.2 cm³/mol. The lowest BCUT2D eigenvalue weighted by molar-refractivity contribution is 0.294. The second kappa shape index (κ2) is 5.53. The summed E-state index contributed by atoms with van der Waals surface area (Å²) in [6.07, 6.45) is 5.31. The van der Waals surface area contributed by atoms with Crippen LogP contribution in [0.2, 0.25) is 0 Å². The molecular formula is C13H22N4S. The van der Waals surface area contributed by atoms with Crippen molar-refractivity contribution in [3.8, 4) is 0 Å². The number of nitrogens with one attached hydrogen (secondary N) is 1. The average Bonchev–Trinajstić information content (AvgIpc) is 2.90. The van der Waals surface area contributed by atoms with E-state index in [0.717, 1.165) is 17.5 Å². The van der Waals surface area contributed by atoms with E-state index in [2.05, 4.69) is 26.5 Å². The van der Waals surface area contributed by atoms with Gasteiger partial charge in [-0.05, 0) is 44.7 Å². The molecule has 0 spiro atoms. The Bertz CT molecular complexity index is 382. The fraction of sp³-hybridized carbons (Fsp3) is 0.846. The molecule has 1 aliphatic heterocycles. The van der Waals surface area contributed by atoms with Gasteiger partial charge in [0.1, 0.15) is 5.82 Å². The van der Waals surface area contributed by atoms with Crippen LogP contribution in [0.1, 0.15) is 44.3 Å². The minimum Gasteiger partial charge on any atom is -0.360 e. The number of anilines is 1. The molecule has 4 nitrogen and oxygen atoms in total. The Morgan fingerprint density at radius 1 is 1.39 bits per heavy atom. The molecule has 1 aliphatic carbocycles. The molecule has 2 fully saturated rings. The normalized spacial score (nSPS) is 22.3. The molecule has 0 amide bonds. The van der Waals surface area contributed by atoms with Crippen molar-refractivity contribution in [1.82, 2.24) is 14.3 Å². The first kappa shape index (κ1) is 12.4. The molecule has 1 saturated heterocycles. The fourth-order valence-corrected chi connectivity index (χ4v) is 3.20. The number of aromatic nitrogens is 2. The van der Waals surface area contributed by atoms with E-state index in [4.69, 9.17) is 0 Å². The zero-order valence-electron chi connectivity index (χ0n) is 11.1. The van der Waals surface area contributed by atoms with Crippen molar-refractivity contribution < 1.29 is 0 Å². The van der Waals surface area contributed by atoms with Gasteiger partial charge in [-0.15, -0.1) is 0 Å². The molecule has 2 aliphatic rings. The topological polar surface area (TPSA) is 41.1 Å². The van der Waals surface area contributed by atoms with Crippen molar-refractivity contribution in [2.24, 2.45) is 5.92 Å². The fourth-order valence-electron chi connectivity index (χ4n) is 2.55. The molecule has 1 aromatic heterocycles. The minimum atomic E-state index is 0.666. The molecule has 0 radical (unpaired) electrons. The first-order valence-corrected chi connectivity index (χ1v) is 7.88. The highest BCUT2D eigenvalue weighted by Gasteiger charge is 2.27. The maximum Gasteiger partial charge on any atom is 0.202 e. The van der Waals surface area contributed by atoms with E-state index in [-0.39, 0.29) is 0 Å². The van der Waals surface area contributed by atoms with Gasteiger partial charge in [0.2, 0.25) is 5.13 Å². The molecule has 3 rings (SSSR count). The summed E-state index contributed by atoms with van der Waals surface area (Å²) in [6, 6.07) is 0. The Morgan fingerprint density at radius 2 is 2.17 bits per heavy atom. The molecule has 1 aromatic rings. The smallest absolute Gasteiger partial charge is 0.202 e. The van der Waals surface area contributed by atoms with Crippen LogP contribution in [0.25, 0.3) is 0 Å². The van der Waals surface area contributed by atoms with E-state index in [1.165, 1.54) is 56.9 Å². The third-order valence-corrected chi connectivity index (χ3v) is 4.44. The highest BCUT2D eigenvalue weighted by Crippen LogP contribution is 2.39. The van der Waals surface area contributed by atoms with Crippen LogP contribution in [0.5, 0.6) is 0 Å². The maximum absolute atomic E-state index is 4.56. The number of nitrogens with zero attached hydrogens (tertiary/aromatic N) is 3. The molecule has 0 bridgehead atoms. The van der Waals surface area contributed by atoms with Gasteiger partial charge < -0.3 is 10.2 Å². The number of hydrogen-bond donors (Lipinski definition) is 1. The number of rotatable bonds is 6. The molecule has 1 atom stereocenters. The Kier molecular flexibility index (Phi) is 3.80. The maximum atomic E-state index is 4.56. The number of likely N-dealkylation sites (tertiary alicyclic amines) is 1. The first-order chi connectivity index (χ1) is 8.81. The number of hydrogen-bond acceptors (Lipinski definition) is 5. The average molecular weight is 266 g/mol. The summed E-state index contributed by atoms with van der Waals surface area (Å²) in [5, 5.41) is 4.44. The van der Waals surface area contributed by atoms with Crippen molar-refractivity contribution in [2.45, 2.75) is 38.5 Å². The largest absolute Gasteiger partial charge is 0.360 e. The van der Waals surface area contributed by atoms with Gasteiger partial charge in [-0.3, -0.25) is 0 Å². The third-order valence-electron chi connectivity index (χ3n) is 3.75.